The van der Waals surface area contributed by atoms with Gasteiger partial charge in [0.1, 0.15) is 5.56 Å². The highest BCUT2D eigenvalue weighted by Crippen LogP contribution is 2.29. The molecule has 0 saturated heterocycles. The molecule has 1 unspecified atom stereocenters. The summed E-state index contributed by atoms with van der Waals surface area (Å²) in [6.45, 7) is 2.78. The third kappa shape index (κ3) is 4.28. The van der Waals surface area contributed by atoms with E-state index in [9.17, 15) is 22.8 Å². The van der Waals surface area contributed by atoms with Gasteiger partial charge in [-0.3, -0.25) is 4.79 Å². The molecule has 0 saturated carbocycles. The highest BCUT2D eigenvalue weighted by atomic mass is 19.4. The van der Waals surface area contributed by atoms with Gasteiger partial charge in [-0.15, -0.1) is 0 Å². The predicted molar refractivity (Wildman–Crippen MR) is 80.6 cm³/mol. The summed E-state index contributed by atoms with van der Waals surface area (Å²) in [6.07, 6.45) is -5.69. The van der Waals surface area contributed by atoms with E-state index in [1.807, 2.05) is 0 Å². The van der Waals surface area contributed by atoms with Crippen LogP contribution in [0.4, 0.5) is 24.7 Å². The van der Waals surface area contributed by atoms with Crippen LogP contribution < -0.4 is 11.1 Å². The molecule has 1 aromatic heterocycles. The van der Waals surface area contributed by atoms with E-state index in [0.29, 0.717) is 0 Å². The lowest BCUT2D eigenvalue weighted by Crippen LogP contribution is -2.30. The number of benzene rings is 1. The summed E-state index contributed by atoms with van der Waals surface area (Å²) in [5.41, 5.74) is 4.84. The van der Waals surface area contributed by atoms with E-state index in [1.165, 1.54) is 13.8 Å². The Labute approximate surface area is 139 Å². The summed E-state index contributed by atoms with van der Waals surface area (Å²) >= 11 is 0. The SMILES string of the molecule is Cc1noc(N)c1C(=O)OC(C)C(=O)Nc1ccc(C(F)(F)F)cc1. The monoisotopic (exact) mass is 357 g/mol. The molecular formula is C15H14F3N3O4. The second-order valence-electron chi connectivity index (χ2n) is 5.12. The van der Waals surface area contributed by atoms with E-state index in [2.05, 4.69) is 15.0 Å². The van der Waals surface area contributed by atoms with Crippen LogP contribution in [0.25, 0.3) is 0 Å². The quantitative estimate of drug-likeness (QED) is 0.815. The Balaban J connectivity index is 2.00. The van der Waals surface area contributed by atoms with Gasteiger partial charge >= 0.3 is 12.1 Å². The van der Waals surface area contributed by atoms with Gasteiger partial charge in [0, 0.05) is 5.69 Å². The lowest BCUT2D eigenvalue weighted by Gasteiger charge is -2.14. The number of alkyl halides is 3. The topological polar surface area (TPSA) is 107 Å². The number of hydrogen-bond acceptors (Lipinski definition) is 6. The third-order valence-electron chi connectivity index (χ3n) is 3.23. The molecule has 134 valence electrons. The molecule has 7 nitrogen and oxygen atoms in total. The molecule has 0 radical (unpaired) electrons. The predicted octanol–water partition coefficient (Wildman–Crippen LogP) is 2.77. The van der Waals surface area contributed by atoms with Crippen molar-refractivity contribution >= 4 is 23.4 Å². The Morgan fingerprint density at radius 2 is 1.88 bits per heavy atom. The average Bonchev–Trinajstić information content (AvgIpc) is 2.85. The fraction of sp³-hybridized carbons (Fsp3) is 0.267. The zero-order valence-corrected chi connectivity index (χ0v) is 13.2. The van der Waals surface area contributed by atoms with Crippen molar-refractivity contribution in [3.63, 3.8) is 0 Å². The summed E-state index contributed by atoms with van der Waals surface area (Å²) in [5.74, 6) is -1.86. The summed E-state index contributed by atoms with van der Waals surface area (Å²) < 4.78 is 47.0. The molecule has 1 amide bonds. The van der Waals surface area contributed by atoms with E-state index in [4.69, 9.17) is 10.5 Å². The second-order valence-corrected chi connectivity index (χ2v) is 5.12. The van der Waals surface area contributed by atoms with E-state index in [1.54, 1.807) is 0 Å². The van der Waals surface area contributed by atoms with E-state index < -0.39 is 29.7 Å². The number of amides is 1. The van der Waals surface area contributed by atoms with E-state index in [-0.39, 0.29) is 22.8 Å². The van der Waals surface area contributed by atoms with Gasteiger partial charge < -0.3 is 20.3 Å². The number of aryl methyl sites for hydroxylation is 1. The van der Waals surface area contributed by atoms with Crippen LogP contribution in [0.5, 0.6) is 0 Å². The number of nitrogens with two attached hydrogens (primary N) is 1. The minimum Gasteiger partial charge on any atom is -0.449 e. The molecule has 0 spiro atoms. The average molecular weight is 357 g/mol. The molecule has 0 fully saturated rings. The maximum atomic E-state index is 12.5. The first-order valence-corrected chi connectivity index (χ1v) is 7.00. The van der Waals surface area contributed by atoms with Crippen LogP contribution in [-0.2, 0) is 15.7 Å². The zero-order valence-electron chi connectivity index (χ0n) is 13.2. The van der Waals surface area contributed by atoms with E-state index >= 15 is 0 Å². The summed E-state index contributed by atoms with van der Waals surface area (Å²) in [7, 11) is 0. The fourth-order valence-electron chi connectivity index (χ4n) is 1.89. The molecule has 2 aromatic rings. The van der Waals surface area contributed by atoms with Crippen molar-refractivity contribution in [3.8, 4) is 0 Å². The van der Waals surface area contributed by atoms with Crippen molar-refractivity contribution in [2.45, 2.75) is 26.1 Å². The summed E-state index contributed by atoms with van der Waals surface area (Å²) in [4.78, 5) is 24.0. The van der Waals surface area contributed by atoms with Gasteiger partial charge in [0.05, 0.1) is 11.3 Å². The van der Waals surface area contributed by atoms with Gasteiger partial charge in [-0.1, -0.05) is 5.16 Å². The highest BCUT2D eigenvalue weighted by Gasteiger charge is 2.30. The third-order valence-corrected chi connectivity index (χ3v) is 3.23. The van der Waals surface area contributed by atoms with Gasteiger partial charge in [-0.25, -0.2) is 4.79 Å². The number of rotatable bonds is 4. The molecule has 1 atom stereocenters. The second kappa shape index (κ2) is 6.83. The van der Waals surface area contributed by atoms with E-state index in [0.717, 1.165) is 24.3 Å². The number of anilines is 2. The first-order chi connectivity index (χ1) is 11.6. The number of aromatic nitrogens is 1. The molecule has 0 aliphatic rings. The van der Waals surface area contributed by atoms with Gasteiger partial charge in [0.25, 0.3) is 5.91 Å². The maximum absolute atomic E-state index is 12.5. The summed E-state index contributed by atoms with van der Waals surface area (Å²) in [5, 5.41) is 5.84. The van der Waals surface area contributed by atoms with Crippen molar-refractivity contribution in [2.75, 3.05) is 11.1 Å². The number of ether oxygens (including phenoxy) is 1. The van der Waals surface area contributed by atoms with Crippen LogP contribution in [0.15, 0.2) is 28.8 Å². The molecule has 0 bridgehead atoms. The lowest BCUT2D eigenvalue weighted by atomic mass is 10.2. The van der Waals surface area contributed by atoms with Crippen molar-refractivity contribution in [1.29, 1.82) is 0 Å². The first-order valence-electron chi connectivity index (χ1n) is 7.00. The molecule has 1 heterocycles. The van der Waals surface area contributed by atoms with Crippen molar-refractivity contribution in [1.82, 2.24) is 5.16 Å². The number of hydrogen-bond donors (Lipinski definition) is 2. The van der Waals surface area contributed by atoms with Crippen molar-refractivity contribution < 1.29 is 32.0 Å². The Kier molecular flexibility index (Phi) is 5.00. The number of halogens is 3. The minimum absolute atomic E-state index is 0.0887. The van der Waals surface area contributed by atoms with Crippen LogP contribution in [0.2, 0.25) is 0 Å². The van der Waals surface area contributed by atoms with Crippen molar-refractivity contribution in [3.05, 3.63) is 41.1 Å². The largest absolute Gasteiger partial charge is 0.449 e. The minimum atomic E-state index is -4.47. The maximum Gasteiger partial charge on any atom is 0.416 e. The van der Waals surface area contributed by atoms with Crippen molar-refractivity contribution in [2.24, 2.45) is 0 Å². The number of nitrogens with zero attached hydrogens (tertiary/aromatic N) is 1. The smallest absolute Gasteiger partial charge is 0.416 e. The standard InChI is InChI=1S/C15H14F3N3O4/c1-7-11(12(19)25-21-7)14(23)24-8(2)13(22)20-10-5-3-9(4-6-10)15(16,17)18/h3-6,8H,19H2,1-2H3,(H,20,22). The van der Waals surface area contributed by atoms with Gasteiger partial charge in [0.2, 0.25) is 5.88 Å². The molecule has 1 aromatic carbocycles. The molecule has 0 aliphatic heterocycles. The number of nitrogens with one attached hydrogen (secondary N) is 1. The van der Waals surface area contributed by atoms with Crippen LogP contribution in [-0.4, -0.2) is 23.1 Å². The van der Waals surface area contributed by atoms with Gasteiger partial charge in [-0.05, 0) is 38.1 Å². The number of nitrogen functional groups attached to an aromatic ring is 1. The molecular weight excluding hydrogens is 343 g/mol. The van der Waals surface area contributed by atoms with Gasteiger partial charge in [0.15, 0.2) is 6.10 Å². The van der Waals surface area contributed by atoms with Gasteiger partial charge in [-0.2, -0.15) is 13.2 Å². The Bertz CT molecular complexity index is 765. The molecule has 0 aliphatic carbocycles. The molecule has 2 rings (SSSR count). The fourth-order valence-corrected chi connectivity index (χ4v) is 1.89. The van der Waals surface area contributed by atoms with Crippen LogP contribution in [0.3, 0.4) is 0 Å². The van der Waals surface area contributed by atoms with Crippen LogP contribution in [0.1, 0.15) is 28.5 Å². The Morgan fingerprint density at radius 3 is 2.36 bits per heavy atom. The highest BCUT2D eigenvalue weighted by molar-refractivity contribution is 5.99. The first kappa shape index (κ1) is 18.3. The Hall–Kier alpha value is -3.04. The molecule has 25 heavy (non-hydrogen) atoms. The summed E-state index contributed by atoms with van der Waals surface area (Å²) in [6, 6.07) is 3.84. The Morgan fingerprint density at radius 1 is 1.28 bits per heavy atom. The number of carbonyl (C=O) groups excluding carboxylic acids is 2. The zero-order chi connectivity index (χ0) is 18.8. The molecule has 3 N–H and O–H groups in total. The van der Waals surface area contributed by atoms with Crippen LogP contribution >= 0.6 is 0 Å². The number of carbonyl (C=O) groups is 2. The van der Waals surface area contributed by atoms with Crippen LogP contribution in [0, 0.1) is 6.92 Å². The lowest BCUT2D eigenvalue weighted by molar-refractivity contribution is -0.137. The molecule has 10 heteroatoms. The number of esters is 1. The normalized spacial score (nSPS) is 12.5.